The fraction of sp³-hybridized carbons (Fsp3) is 0.684. The molecule has 2 fully saturated rings. The molecule has 0 amide bonds. The van der Waals surface area contributed by atoms with Crippen LogP contribution in [0.3, 0.4) is 0 Å². The number of halogens is 2. The average Bonchev–Trinajstić information content (AvgIpc) is 2.64. The zero-order valence-corrected chi connectivity index (χ0v) is 16.0. The van der Waals surface area contributed by atoms with Crippen LogP contribution in [0.5, 0.6) is 11.5 Å². The molecule has 4 nitrogen and oxygen atoms in total. The Morgan fingerprint density at radius 1 is 1.04 bits per heavy atom. The van der Waals surface area contributed by atoms with Crippen molar-refractivity contribution < 1.29 is 13.9 Å². The number of benzene rings is 1. The van der Waals surface area contributed by atoms with Crippen molar-refractivity contribution >= 4 is 12.4 Å². The maximum atomic E-state index is 14.9. The van der Waals surface area contributed by atoms with Crippen molar-refractivity contribution in [2.24, 2.45) is 5.92 Å². The first kappa shape index (κ1) is 20.3. The summed E-state index contributed by atoms with van der Waals surface area (Å²) in [5.74, 6) is 1.41. The van der Waals surface area contributed by atoms with E-state index in [0.29, 0.717) is 17.4 Å². The van der Waals surface area contributed by atoms with Gasteiger partial charge in [0.25, 0.3) is 0 Å². The molecule has 25 heavy (non-hydrogen) atoms. The van der Waals surface area contributed by atoms with Crippen LogP contribution in [0.25, 0.3) is 0 Å². The number of nitrogens with zero attached hydrogens (tertiary/aromatic N) is 1. The van der Waals surface area contributed by atoms with Crippen molar-refractivity contribution in [2.75, 3.05) is 40.4 Å². The lowest BCUT2D eigenvalue weighted by Crippen LogP contribution is -2.47. The number of rotatable bonds is 5. The van der Waals surface area contributed by atoms with Crippen LogP contribution in [0.4, 0.5) is 4.39 Å². The van der Waals surface area contributed by atoms with E-state index >= 15 is 0 Å². The number of ether oxygens (including phenoxy) is 2. The van der Waals surface area contributed by atoms with Gasteiger partial charge in [-0.3, -0.25) is 4.90 Å². The molecule has 1 heterocycles. The molecule has 2 aliphatic rings. The van der Waals surface area contributed by atoms with Gasteiger partial charge in [-0.25, -0.2) is 4.39 Å². The van der Waals surface area contributed by atoms with Gasteiger partial charge in [0.2, 0.25) is 0 Å². The van der Waals surface area contributed by atoms with Crippen LogP contribution in [0.15, 0.2) is 12.1 Å². The van der Waals surface area contributed by atoms with Gasteiger partial charge in [-0.05, 0) is 24.8 Å². The second-order valence-corrected chi connectivity index (χ2v) is 6.86. The Balaban J connectivity index is 0.00000225. The molecule has 0 aromatic heterocycles. The SMILES string of the molecule is COc1cc(F)c([C@H](C2CCCCC2)N2CCNCC2)cc1OC.Cl. The van der Waals surface area contributed by atoms with Gasteiger partial charge in [-0.1, -0.05) is 19.3 Å². The van der Waals surface area contributed by atoms with Crippen molar-refractivity contribution in [3.05, 3.63) is 23.5 Å². The second-order valence-electron chi connectivity index (χ2n) is 6.86. The molecule has 1 aliphatic heterocycles. The summed E-state index contributed by atoms with van der Waals surface area (Å²) in [5, 5.41) is 3.40. The highest BCUT2D eigenvalue weighted by atomic mass is 35.5. The van der Waals surface area contributed by atoms with Crippen LogP contribution in [-0.2, 0) is 0 Å². The zero-order chi connectivity index (χ0) is 16.9. The third kappa shape index (κ3) is 4.57. The molecule has 3 rings (SSSR count). The molecule has 1 saturated heterocycles. The molecular formula is C19H30ClFN2O2. The van der Waals surface area contributed by atoms with Gasteiger partial charge in [-0.15, -0.1) is 12.4 Å². The third-order valence-electron chi connectivity index (χ3n) is 5.46. The molecule has 1 aliphatic carbocycles. The smallest absolute Gasteiger partial charge is 0.163 e. The van der Waals surface area contributed by atoms with Crippen LogP contribution in [0.1, 0.15) is 43.7 Å². The fourth-order valence-corrected chi connectivity index (χ4v) is 4.26. The summed E-state index contributed by atoms with van der Waals surface area (Å²) in [6.07, 6.45) is 6.17. The van der Waals surface area contributed by atoms with E-state index in [4.69, 9.17) is 9.47 Å². The Morgan fingerprint density at radius 2 is 1.64 bits per heavy atom. The molecule has 0 spiro atoms. The quantitative estimate of drug-likeness (QED) is 0.852. The first-order valence-corrected chi connectivity index (χ1v) is 9.10. The van der Waals surface area contributed by atoms with Gasteiger partial charge in [0.15, 0.2) is 11.5 Å². The molecule has 1 saturated carbocycles. The number of nitrogens with one attached hydrogen (secondary N) is 1. The average molecular weight is 373 g/mol. The molecule has 0 unspecified atom stereocenters. The predicted molar refractivity (Wildman–Crippen MR) is 101 cm³/mol. The molecule has 142 valence electrons. The zero-order valence-electron chi connectivity index (χ0n) is 15.2. The predicted octanol–water partition coefficient (Wildman–Crippen LogP) is 3.79. The van der Waals surface area contributed by atoms with E-state index in [1.165, 1.54) is 38.2 Å². The summed E-state index contributed by atoms with van der Waals surface area (Å²) in [7, 11) is 3.16. The summed E-state index contributed by atoms with van der Waals surface area (Å²) < 4.78 is 25.6. The van der Waals surface area contributed by atoms with Crippen LogP contribution in [0, 0.1) is 11.7 Å². The molecule has 0 bridgehead atoms. The van der Waals surface area contributed by atoms with Crippen molar-refractivity contribution in [3.63, 3.8) is 0 Å². The highest BCUT2D eigenvalue weighted by molar-refractivity contribution is 5.85. The Hall–Kier alpha value is -1.04. The minimum atomic E-state index is -0.179. The maximum Gasteiger partial charge on any atom is 0.163 e. The van der Waals surface area contributed by atoms with E-state index in [1.54, 1.807) is 14.2 Å². The molecule has 6 heteroatoms. The van der Waals surface area contributed by atoms with E-state index in [9.17, 15) is 4.39 Å². The summed E-state index contributed by atoms with van der Waals surface area (Å²) in [4.78, 5) is 2.46. The van der Waals surface area contributed by atoms with Gasteiger partial charge < -0.3 is 14.8 Å². The lowest BCUT2D eigenvalue weighted by Gasteiger charge is -2.41. The number of piperazine rings is 1. The van der Waals surface area contributed by atoms with E-state index < -0.39 is 0 Å². The van der Waals surface area contributed by atoms with Crippen LogP contribution in [0.2, 0.25) is 0 Å². The maximum absolute atomic E-state index is 14.9. The topological polar surface area (TPSA) is 33.7 Å². The van der Waals surface area contributed by atoms with Crippen LogP contribution < -0.4 is 14.8 Å². The Labute approximate surface area is 156 Å². The lowest BCUT2D eigenvalue weighted by atomic mass is 9.80. The molecule has 1 N–H and O–H groups in total. The lowest BCUT2D eigenvalue weighted by molar-refractivity contribution is 0.100. The Kier molecular flexibility index (Phi) is 7.79. The number of hydrogen-bond acceptors (Lipinski definition) is 4. The van der Waals surface area contributed by atoms with E-state index in [1.807, 2.05) is 6.07 Å². The van der Waals surface area contributed by atoms with E-state index in [2.05, 4.69) is 10.2 Å². The van der Waals surface area contributed by atoms with Gasteiger partial charge in [0.05, 0.1) is 14.2 Å². The van der Waals surface area contributed by atoms with Crippen molar-refractivity contribution in [1.29, 1.82) is 0 Å². The summed E-state index contributed by atoms with van der Waals surface area (Å²) in [6, 6.07) is 3.47. The monoisotopic (exact) mass is 372 g/mol. The van der Waals surface area contributed by atoms with E-state index in [0.717, 1.165) is 31.7 Å². The molecule has 0 radical (unpaired) electrons. The standard InChI is InChI=1S/C19H29FN2O2.ClH/c1-23-17-12-15(16(20)13-18(17)24-2)19(14-6-4-3-5-7-14)22-10-8-21-9-11-22;/h12-14,19,21H,3-11H2,1-2H3;1H/t19-;/m0./s1. The summed E-state index contributed by atoms with van der Waals surface area (Å²) in [6.45, 7) is 3.88. The molecule has 1 aromatic rings. The highest BCUT2D eigenvalue weighted by Crippen LogP contribution is 2.42. The normalized spacial score (nSPS) is 20.6. The van der Waals surface area contributed by atoms with Gasteiger partial charge in [0.1, 0.15) is 5.82 Å². The first-order chi connectivity index (χ1) is 11.7. The highest BCUT2D eigenvalue weighted by Gasteiger charge is 2.33. The second kappa shape index (κ2) is 9.60. The van der Waals surface area contributed by atoms with Crippen molar-refractivity contribution in [3.8, 4) is 11.5 Å². The third-order valence-corrected chi connectivity index (χ3v) is 5.46. The number of methoxy groups -OCH3 is 2. The largest absolute Gasteiger partial charge is 0.493 e. The summed E-state index contributed by atoms with van der Waals surface area (Å²) >= 11 is 0. The Bertz CT molecular complexity index is 528. The molecule has 1 aromatic carbocycles. The first-order valence-electron chi connectivity index (χ1n) is 9.10. The number of hydrogen-bond donors (Lipinski definition) is 1. The minimum Gasteiger partial charge on any atom is -0.493 e. The van der Waals surface area contributed by atoms with Crippen LogP contribution in [-0.4, -0.2) is 45.3 Å². The summed E-state index contributed by atoms with van der Waals surface area (Å²) in [5.41, 5.74) is 0.765. The Morgan fingerprint density at radius 3 is 2.24 bits per heavy atom. The van der Waals surface area contributed by atoms with Gasteiger partial charge in [0, 0.05) is 43.9 Å². The minimum absolute atomic E-state index is 0. The van der Waals surface area contributed by atoms with Crippen LogP contribution >= 0.6 is 12.4 Å². The van der Waals surface area contributed by atoms with E-state index in [-0.39, 0.29) is 24.3 Å². The molecule has 1 atom stereocenters. The van der Waals surface area contributed by atoms with Crippen molar-refractivity contribution in [1.82, 2.24) is 10.2 Å². The fourth-order valence-electron chi connectivity index (χ4n) is 4.26. The van der Waals surface area contributed by atoms with Gasteiger partial charge in [-0.2, -0.15) is 0 Å². The molecular weight excluding hydrogens is 343 g/mol. The van der Waals surface area contributed by atoms with Crippen molar-refractivity contribution in [2.45, 2.75) is 38.1 Å². The van der Waals surface area contributed by atoms with Gasteiger partial charge >= 0.3 is 0 Å².